The molecule has 0 unspecified atom stereocenters. The molecule has 0 bridgehead atoms. The molecule has 0 saturated heterocycles. The molecule has 0 radical (unpaired) electrons. The van der Waals surface area contributed by atoms with Gasteiger partial charge in [-0.05, 0) is 26.3 Å². The van der Waals surface area contributed by atoms with E-state index in [4.69, 9.17) is 11.6 Å². The molecule has 22 heavy (non-hydrogen) atoms. The first kappa shape index (κ1) is 16.7. The molecule has 2 aromatic rings. The number of hydrogen-bond donors (Lipinski definition) is 1. The zero-order chi connectivity index (χ0) is 16.1. The fraction of sp³-hybridized carbons (Fsp3) is 0.400. The first-order valence-corrected chi connectivity index (χ1v) is 8.35. The number of hydrogen-bond acceptors (Lipinski definition) is 4. The van der Waals surface area contributed by atoms with Gasteiger partial charge < -0.3 is 0 Å². The number of nitrogens with one attached hydrogen (secondary N) is 1. The molecule has 0 atom stereocenters. The minimum atomic E-state index is -0.230. The van der Waals surface area contributed by atoms with Crippen molar-refractivity contribution in [3.05, 3.63) is 33.6 Å². The molecular formula is C15H19ClN4OS. The van der Waals surface area contributed by atoms with Crippen LogP contribution in [0.15, 0.2) is 12.3 Å². The van der Waals surface area contributed by atoms with Crippen molar-refractivity contribution in [3.63, 3.8) is 0 Å². The van der Waals surface area contributed by atoms with Gasteiger partial charge in [-0.25, -0.2) is 4.98 Å². The number of anilines is 1. The number of nitrogens with zero attached hydrogens (tertiary/aromatic N) is 3. The summed E-state index contributed by atoms with van der Waals surface area (Å²) in [5.41, 5.74) is 1.60. The number of halogens is 1. The van der Waals surface area contributed by atoms with E-state index in [9.17, 15) is 4.79 Å². The maximum atomic E-state index is 11.9. The standard InChI is InChI=1S/C15H19ClN4OS/c1-4-5-8-20-14(16)12(11(3)19-20)6-7-13(21)18-15-17-9-10(2)22-15/h6-7,9H,4-5,8H2,1-3H3,(H,17,18,21). The molecule has 0 fully saturated rings. The summed E-state index contributed by atoms with van der Waals surface area (Å²) >= 11 is 7.76. The average molecular weight is 339 g/mol. The number of unbranched alkanes of at least 4 members (excludes halogenated alkanes) is 1. The molecule has 0 aromatic carbocycles. The van der Waals surface area contributed by atoms with E-state index >= 15 is 0 Å². The number of aromatic nitrogens is 3. The molecular weight excluding hydrogens is 320 g/mol. The van der Waals surface area contributed by atoms with Gasteiger partial charge >= 0.3 is 0 Å². The SMILES string of the molecule is CCCCn1nc(C)c(C=CC(=O)Nc2ncc(C)s2)c1Cl. The fourth-order valence-electron chi connectivity index (χ4n) is 1.93. The van der Waals surface area contributed by atoms with Crippen LogP contribution in [0.1, 0.15) is 35.9 Å². The molecule has 0 spiro atoms. The van der Waals surface area contributed by atoms with Crippen LogP contribution in [-0.4, -0.2) is 20.7 Å². The van der Waals surface area contributed by atoms with Gasteiger partial charge in [-0.15, -0.1) is 11.3 Å². The maximum absolute atomic E-state index is 11.9. The number of rotatable bonds is 6. The van der Waals surface area contributed by atoms with Crippen molar-refractivity contribution in [3.8, 4) is 0 Å². The van der Waals surface area contributed by atoms with Crippen molar-refractivity contribution in [1.29, 1.82) is 0 Å². The van der Waals surface area contributed by atoms with Crippen LogP contribution in [-0.2, 0) is 11.3 Å². The highest BCUT2D eigenvalue weighted by Gasteiger charge is 2.11. The largest absolute Gasteiger partial charge is 0.298 e. The summed E-state index contributed by atoms with van der Waals surface area (Å²) in [7, 11) is 0. The second-order valence-electron chi connectivity index (χ2n) is 4.97. The predicted octanol–water partition coefficient (Wildman–Crippen LogP) is 4.06. The maximum Gasteiger partial charge on any atom is 0.250 e. The summed E-state index contributed by atoms with van der Waals surface area (Å²) in [4.78, 5) is 17.0. The van der Waals surface area contributed by atoms with Crippen LogP contribution in [0, 0.1) is 13.8 Å². The zero-order valence-corrected chi connectivity index (χ0v) is 14.5. The molecule has 0 aliphatic heterocycles. The highest BCUT2D eigenvalue weighted by molar-refractivity contribution is 7.15. The van der Waals surface area contributed by atoms with Gasteiger partial charge in [0.1, 0.15) is 5.15 Å². The summed E-state index contributed by atoms with van der Waals surface area (Å²) in [5, 5.41) is 8.29. The van der Waals surface area contributed by atoms with E-state index in [0.29, 0.717) is 10.3 Å². The summed E-state index contributed by atoms with van der Waals surface area (Å²) in [6.07, 6.45) is 6.98. The van der Waals surface area contributed by atoms with Crippen molar-refractivity contribution >= 4 is 40.1 Å². The third-order valence-corrected chi connectivity index (χ3v) is 4.31. The lowest BCUT2D eigenvalue weighted by molar-refractivity contribution is -0.111. The lowest BCUT2D eigenvalue weighted by atomic mass is 10.2. The first-order valence-electron chi connectivity index (χ1n) is 7.15. The Morgan fingerprint density at radius 2 is 2.27 bits per heavy atom. The number of amides is 1. The highest BCUT2D eigenvalue weighted by Crippen LogP contribution is 2.22. The third-order valence-electron chi connectivity index (χ3n) is 3.09. The van der Waals surface area contributed by atoms with Crippen molar-refractivity contribution in [2.75, 3.05) is 5.32 Å². The van der Waals surface area contributed by atoms with Gasteiger partial charge in [0, 0.05) is 29.3 Å². The molecule has 0 aliphatic rings. The topological polar surface area (TPSA) is 59.8 Å². The van der Waals surface area contributed by atoms with Gasteiger partial charge in [0.15, 0.2) is 5.13 Å². The second kappa shape index (κ2) is 7.56. The van der Waals surface area contributed by atoms with Crippen molar-refractivity contribution < 1.29 is 4.79 Å². The van der Waals surface area contributed by atoms with Crippen LogP contribution in [0.4, 0.5) is 5.13 Å². The Morgan fingerprint density at radius 1 is 1.50 bits per heavy atom. The Bertz CT molecular complexity index is 690. The van der Waals surface area contributed by atoms with Crippen LogP contribution in [0.5, 0.6) is 0 Å². The van der Waals surface area contributed by atoms with Gasteiger partial charge in [0.25, 0.3) is 0 Å². The Kier molecular flexibility index (Phi) is 5.74. The van der Waals surface area contributed by atoms with Crippen LogP contribution in [0.3, 0.4) is 0 Å². The van der Waals surface area contributed by atoms with Gasteiger partial charge in [-0.1, -0.05) is 24.9 Å². The number of aryl methyl sites for hydroxylation is 3. The number of carbonyl (C=O) groups excluding carboxylic acids is 1. The molecule has 2 aromatic heterocycles. The predicted molar refractivity (Wildman–Crippen MR) is 91.4 cm³/mol. The van der Waals surface area contributed by atoms with Crippen LogP contribution < -0.4 is 5.32 Å². The smallest absolute Gasteiger partial charge is 0.250 e. The zero-order valence-electron chi connectivity index (χ0n) is 12.9. The first-order chi connectivity index (χ1) is 10.5. The summed E-state index contributed by atoms with van der Waals surface area (Å²) < 4.78 is 1.78. The molecule has 1 amide bonds. The lowest BCUT2D eigenvalue weighted by Gasteiger charge is -2.00. The van der Waals surface area contributed by atoms with Crippen molar-refractivity contribution in [2.45, 2.75) is 40.2 Å². The van der Waals surface area contributed by atoms with Gasteiger partial charge in [0.2, 0.25) is 5.91 Å². The van der Waals surface area contributed by atoms with Crippen molar-refractivity contribution in [1.82, 2.24) is 14.8 Å². The van der Waals surface area contributed by atoms with Crippen LogP contribution in [0.25, 0.3) is 6.08 Å². The van der Waals surface area contributed by atoms with Gasteiger partial charge in [-0.2, -0.15) is 5.10 Å². The molecule has 1 N–H and O–H groups in total. The van der Waals surface area contributed by atoms with Gasteiger partial charge in [-0.3, -0.25) is 14.8 Å². The normalized spacial score (nSPS) is 11.3. The van der Waals surface area contributed by atoms with E-state index in [1.807, 2.05) is 13.8 Å². The van der Waals surface area contributed by atoms with E-state index in [2.05, 4.69) is 22.3 Å². The minimum absolute atomic E-state index is 0.230. The van der Waals surface area contributed by atoms with E-state index in [0.717, 1.165) is 35.5 Å². The minimum Gasteiger partial charge on any atom is -0.298 e. The van der Waals surface area contributed by atoms with E-state index in [1.165, 1.54) is 17.4 Å². The quantitative estimate of drug-likeness (QED) is 0.808. The molecule has 118 valence electrons. The van der Waals surface area contributed by atoms with E-state index in [-0.39, 0.29) is 5.91 Å². The monoisotopic (exact) mass is 338 g/mol. The molecule has 0 saturated carbocycles. The second-order valence-corrected chi connectivity index (χ2v) is 6.56. The summed E-state index contributed by atoms with van der Waals surface area (Å²) in [6.45, 7) is 6.73. The fourth-order valence-corrected chi connectivity index (χ4v) is 2.92. The molecule has 2 rings (SSSR count). The Labute approximate surface area is 139 Å². The Morgan fingerprint density at radius 3 is 2.91 bits per heavy atom. The molecule has 0 aliphatic carbocycles. The van der Waals surface area contributed by atoms with E-state index in [1.54, 1.807) is 17.0 Å². The highest BCUT2D eigenvalue weighted by atomic mass is 35.5. The third kappa shape index (κ3) is 4.18. The average Bonchev–Trinajstić information content (AvgIpc) is 2.99. The van der Waals surface area contributed by atoms with Crippen LogP contribution in [0.2, 0.25) is 5.15 Å². The summed E-state index contributed by atoms with van der Waals surface area (Å²) in [6, 6.07) is 0. The Hall–Kier alpha value is -1.66. The van der Waals surface area contributed by atoms with Gasteiger partial charge in [0.05, 0.1) is 5.69 Å². The number of carbonyl (C=O) groups is 1. The molecule has 5 nitrogen and oxygen atoms in total. The van der Waals surface area contributed by atoms with Crippen molar-refractivity contribution in [2.24, 2.45) is 0 Å². The van der Waals surface area contributed by atoms with E-state index < -0.39 is 0 Å². The molecule has 7 heteroatoms. The lowest BCUT2D eigenvalue weighted by Crippen LogP contribution is -2.07. The summed E-state index contributed by atoms with van der Waals surface area (Å²) in [5.74, 6) is -0.230. The molecule has 2 heterocycles. The Balaban J connectivity index is 2.06. The number of thiazole rings is 1. The van der Waals surface area contributed by atoms with Crippen LogP contribution >= 0.6 is 22.9 Å².